The first-order valence-electron chi connectivity index (χ1n) is 5.35. The zero-order valence-electron chi connectivity index (χ0n) is 9.22. The Bertz CT molecular complexity index is 394. The van der Waals surface area contributed by atoms with Crippen molar-refractivity contribution in [3.8, 4) is 5.75 Å². The lowest BCUT2D eigenvalue weighted by Crippen LogP contribution is -2.41. The lowest BCUT2D eigenvalue weighted by atomic mass is 10.1. The van der Waals surface area contributed by atoms with Gasteiger partial charge in [0, 0.05) is 6.54 Å². The third-order valence-electron chi connectivity index (χ3n) is 2.61. The molecule has 1 aliphatic heterocycles. The van der Waals surface area contributed by atoms with E-state index < -0.39 is 0 Å². The van der Waals surface area contributed by atoms with Gasteiger partial charge in [0.15, 0.2) is 6.61 Å². The van der Waals surface area contributed by atoms with Crippen LogP contribution in [0.1, 0.15) is 6.92 Å². The van der Waals surface area contributed by atoms with Crippen LogP contribution in [0, 0.1) is 5.92 Å². The van der Waals surface area contributed by atoms with Crippen molar-refractivity contribution in [3.05, 3.63) is 24.3 Å². The van der Waals surface area contributed by atoms with E-state index in [9.17, 15) is 4.79 Å². The fourth-order valence-electron chi connectivity index (χ4n) is 1.72. The first kappa shape index (κ1) is 11.3. The second kappa shape index (κ2) is 4.78. The number of thiol groups is 1. The highest BCUT2D eigenvalue weighted by molar-refractivity contribution is 7.80. The van der Waals surface area contributed by atoms with Gasteiger partial charge in [-0.05, 0) is 23.8 Å². The number of rotatable bonds is 3. The number of hydrogen-bond acceptors (Lipinski definition) is 3. The van der Waals surface area contributed by atoms with Gasteiger partial charge in [-0.1, -0.05) is 19.1 Å². The molecule has 0 spiro atoms. The van der Waals surface area contributed by atoms with E-state index in [0.29, 0.717) is 12.5 Å². The van der Waals surface area contributed by atoms with Gasteiger partial charge >= 0.3 is 0 Å². The molecule has 86 valence electrons. The third kappa shape index (κ3) is 2.16. The predicted molar refractivity (Wildman–Crippen MR) is 67.3 cm³/mol. The first-order chi connectivity index (χ1) is 7.72. The number of nitrogens with zero attached hydrogens (tertiary/aromatic N) is 1. The fourth-order valence-corrected chi connectivity index (χ4v) is 1.84. The maximum Gasteiger partial charge on any atom is 0.265 e. The number of hydrogen-bond donors (Lipinski definition) is 1. The molecule has 1 atom stereocenters. The van der Waals surface area contributed by atoms with Gasteiger partial charge in [-0.2, -0.15) is 12.6 Å². The highest BCUT2D eigenvalue weighted by Gasteiger charge is 2.25. The lowest BCUT2D eigenvalue weighted by molar-refractivity contribution is -0.121. The molecule has 1 unspecified atom stereocenters. The van der Waals surface area contributed by atoms with Crippen molar-refractivity contribution in [1.29, 1.82) is 0 Å². The molecular weight excluding hydrogens is 222 g/mol. The average molecular weight is 237 g/mol. The van der Waals surface area contributed by atoms with E-state index in [2.05, 4.69) is 19.6 Å². The molecule has 0 aromatic heterocycles. The molecule has 1 heterocycles. The number of carbonyl (C=O) groups excluding carboxylic acids is 1. The molecule has 0 saturated carbocycles. The van der Waals surface area contributed by atoms with Gasteiger partial charge in [0.05, 0.1) is 5.69 Å². The Kier molecular flexibility index (Phi) is 3.39. The number of para-hydroxylation sites is 2. The van der Waals surface area contributed by atoms with Crippen molar-refractivity contribution in [2.75, 3.05) is 23.8 Å². The molecule has 0 bridgehead atoms. The van der Waals surface area contributed by atoms with Crippen LogP contribution in [0.2, 0.25) is 0 Å². The molecule has 0 radical (unpaired) electrons. The highest BCUT2D eigenvalue weighted by Crippen LogP contribution is 2.31. The molecule has 1 aromatic carbocycles. The molecule has 1 aromatic rings. The van der Waals surface area contributed by atoms with E-state index in [-0.39, 0.29) is 12.5 Å². The molecule has 2 rings (SSSR count). The maximum atomic E-state index is 11.8. The molecular formula is C12H15NO2S. The summed E-state index contributed by atoms with van der Waals surface area (Å²) in [7, 11) is 0. The van der Waals surface area contributed by atoms with E-state index >= 15 is 0 Å². The Morgan fingerprint density at radius 3 is 3.00 bits per heavy atom. The number of ether oxygens (including phenoxy) is 1. The summed E-state index contributed by atoms with van der Waals surface area (Å²) in [6.45, 7) is 2.91. The SMILES string of the molecule is CC(CS)CN1C(=O)COc2ccccc21. The van der Waals surface area contributed by atoms with Crippen LogP contribution >= 0.6 is 12.6 Å². The number of carbonyl (C=O) groups is 1. The second-order valence-corrected chi connectivity index (χ2v) is 4.41. The van der Waals surface area contributed by atoms with Crippen LogP contribution in [0.3, 0.4) is 0 Å². The van der Waals surface area contributed by atoms with Crippen LogP contribution in [0.5, 0.6) is 5.75 Å². The van der Waals surface area contributed by atoms with Crippen molar-refractivity contribution in [2.45, 2.75) is 6.92 Å². The Morgan fingerprint density at radius 2 is 2.25 bits per heavy atom. The van der Waals surface area contributed by atoms with Crippen molar-refractivity contribution in [1.82, 2.24) is 0 Å². The van der Waals surface area contributed by atoms with Gasteiger partial charge < -0.3 is 9.64 Å². The summed E-state index contributed by atoms with van der Waals surface area (Å²) in [5.41, 5.74) is 0.868. The summed E-state index contributed by atoms with van der Waals surface area (Å²) in [4.78, 5) is 13.6. The van der Waals surface area contributed by atoms with E-state index in [1.165, 1.54) is 0 Å². The van der Waals surface area contributed by atoms with E-state index in [1.54, 1.807) is 4.90 Å². The number of benzene rings is 1. The van der Waals surface area contributed by atoms with Crippen molar-refractivity contribution < 1.29 is 9.53 Å². The van der Waals surface area contributed by atoms with Gasteiger partial charge in [-0.15, -0.1) is 0 Å². The van der Waals surface area contributed by atoms with E-state index in [4.69, 9.17) is 4.74 Å². The average Bonchev–Trinajstić information content (AvgIpc) is 2.32. The van der Waals surface area contributed by atoms with Gasteiger partial charge in [-0.25, -0.2) is 0 Å². The van der Waals surface area contributed by atoms with E-state index in [1.807, 2.05) is 24.3 Å². The van der Waals surface area contributed by atoms with Crippen LogP contribution in [0.4, 0.5) is 5.69 Å². The largest absolute Gasteiger partial charge is 0.482 e. The zero-order chi connectivity index (χ0) is 11.5. The standard InChI is InChI=1S/C12H15NO2S/c1-9(8-16)6-13-10-4-2-3-5-11(10)15-7-12(13)14/h2-5,9,16H,6-8H2,1H3. The first-order valence-corrected chi connectivity index (χ1v) is 5.98. The van der Waals surface area contributed by atoms with Gasteiger partial charge in [0.2, 0.25) is 0 Å². The molecule has 16 heavy (non-hydrogen) atoms. The number of anilines is 1. The maximum absolute atomic E-state index is 11.8. The quantitative estimate of drug-likeness (QED) is 0.815. The third-order valence-corrected chi connectivity index (χ3v) is 3.24. The van der Waals surface area contributed by atoms with Crippen molar-refractivity contribution in [3.63, 3.8) is 0 Å². The second-order valence-electron chi connectivity index (χ2n) is 4.05. The van der Waals surface area contributed by atoms with Crippen molar-refractivity contribution >= 4 is 24.2 Å². The molecule has 0 fully saturated rings. The number of amides is 1. The number of fused-ring (bicyclic) bond motifs is 1. The molecule has 3 nitrogen and oxygen atoms in total. The van der Waals surface area contributed by atoms with Crippen molar-refractivity contribution in [2.24, 2.45) is 5.92 Å². The fraction of sp³-hybridized carbons (Fsp3) is 0.417. The molecule has 1 aliphatic rings. The van der Waals surface area contributed by atoms with Crippen LogP contribution in [-0.4, -0.2) is 24.8 Å². The highest BCUT2D eigenvalue weighted by atomic mass is 32.1. The molecule has 4 heteroatoms. The normalized spacial score (nSPS) is 16.6. The summed E-state index contributed by atoms with van der Waals surface area (Å²) in [5, 5.41) is 0. The van der Waals surface area contributed by atoms with Gasteiger partial charge in [0.1, 0.15) is 5.75 Å². The monoisotopic (exact) mass is 237 g/mol. The smallest absolute Gasteiger partial charge is 0.265 e. The predicted octanol–water partition coefficient (Wildman–Crippen LogP) is 1.98. The summed E-state index contributed by atoms with van der Waals surface area (Å²) in [6, 6.07) is 7.63. The summed E-state index contributed by atoms with van der Waals surface area (Å²) >= 11 is 4.25. The Labute approximate surface area is 101 Å². The molecule has 0 saturated heterocycles. The molecule has 1 amide bonds. The minimum Gasteiger partial charge on any atom is -0.482 e. The Balaban J connectivity index is 2.26. The van der Waals surface area contributed by atoms with E-state index in [0.717, 1.165) is 17.2 Å². The summed E-state index contributed by atoms with van der Waals surface area (Å²) in [6.07, 6.45) is 0. The lowest BCUT2D eigenvalue weighted by Gasteiger charge is -2.30. The Morgan fingerprint density at radius 1 is 1.50 bits per heavy atom. The summed E-state index contributed by atoms with van der Waals surface area (Å²) in [5.74, 6) is 1.95. The van der Waals surface area contributed by atoms with Crippen LogP contribution in [0.25, 0.3) is 0 Å². The van der Waals surface area contributed by atoms with Crippen LogP contribution in [-0.2, 0) is 4.79 Å². The van der Waals surface area contributed by atoms with Crippen LogP contribution in [0.15, 0.2) is 24.3 Å². The summed E-state index contributed by atoms with van der Waals surface area (Å²) < 4.78 is 5.37. The topological polar surface area (TPSA) is 29.5 Å². The zero-order valence-corrected chi connectivity index (χ0v) is 10.1. The minimum atomic E-state index is 0.0207. The van der Waals surface area contributed by atoms with Gasteiger partial charge in [-0.3, -0.25) is 4.79 Å². The van der Waals surface area contributed by atoms with Crippen LogP contribution < -0.4 is 9.64 Å². The molecule has 0 N–H and O–H groups in total. The Hall–Kier alpha value is -1.16. The van der Waals surface area contributed by atoms with Gasteiger partial charge in [0.25, 0.3) is 5.91 Å². The molecule has 0 aliphatic carbocycles. The minimum absolute atomic E-state index is 0.0207.